The molecule has 4 nitrogen and oxygen atoms in total. The van der Waals surface area contributed by atoms with Gasteiger partial charge in [-0.1, -0.05) is 146 Å². The van der Waals surface area contributed by atoms with Gasteiger partial charge >= 0.3 is 0 Å². The third-order valence-electron chi connectivity index (χ3n) is 8.01. The average Bonchev–Trinajstić information content (AvgIpc) is 3.36. The molecule has 0 radical (unpaired) electrons. The number of para-hydroxylation sites is 2. The van der Waals surface area contributed by atoms with Crippen LogP contribution in [0.3, 0.4) is 0 Å². The number of carbonyl (C=O) groups is 1. The number of anilines is 1. The van der Waals surface area contributed by atoms with Gasteiger partial charge in [0.1, 0.15) is 5.75 Å². The van der Waals surface area contributed by atoms with E-state index in [0.29, 0.717) is 6.61 Å². The first kappa shape index (κ1) is 37.0. The maximum atomic E-state index is 13.3. The minimum atomic E-state index is -0.0689. The van der Waals surface area contributed by atoms with E-state index in [1.165, 1.54) is 76.3 Å². The molecule has 0 spiro atoms. The lowest BCUT2D eigenvalue weighted by molar-refractivity contribution is -0.689. The molecule has 2 aromatic carbocycles. The Balaban J connectivity index is 0.00000645. The number of aromatic nitrogens is 1. The maximum Gasteiger partial charge on any atom is 0.228 e. The van der Waals surface area contributed by atoms with Gasteiger partial charge < -0.3 is 27.0 Å². The number of amides is 1. The van der Waals surface area contributed by atoms with Crippen molar-refractivity contribution in [1.82, 2.24) is 0 Å². The molecule has 238 valence electrons. The fraction of sp³-hybridized carbons (Fsp3) is 0.568. The van der Waals surface area contributed by atoms with Gasteiger partial charge in [-0.15, -0.1) is 0 Å². The summed E-state index contributed by atoms with van der Waals surface area (Å²) in [5, 5.41) is 5.33. The fourth-order valence-corrected chi connectivity index (χ4v) is 6.23. The van der Waals surface area contributed by atoms with Crippen molar-refractivity contribution in [3.05, 3.63) is 75.7 Å². The molecule has 0 aliphatic heterocycles. The minimum Gasteiger partial charge on any atom is -1.00 e. The Hall–Kier alpha value is -2.18. The Morgan fingerprint density at radius 3 is 2.05 bits per heavy atom. The highest BCUT2D eigenvalue weighted by Crippen LogP contribution is 2.35. The van der Waals surface area contributed by atoms with E-state index in [1.807, 2.05) is 24.3 Å². The number of aryl methyl sites for hydroxylation is 1. The van der Waals surface area contributed by atoms with Crippen LogP contribution >= 0.6 is 11.3 Å². The van der Waals surface area contributed by atoms with E-state index < -0.39 is 0 Å². The highest BCUT2D eigenvalue weighted by molar-refractivity contribution is 7.07. The number of nitrogens with one attached hydrogen (secondary N) is 1. The van der Waals surface area contributed by atoms with Crippen LogP contribution < -0.4 is 31.6 Å². The molecule has 1 aromatic heterocycles. The third-order valence-corrected chi connectivity index (χ3v) is 8.87. The summed E-state index contributed by atoms with van der Waals surface area (Å²) in [5.41, 5.74) is 7.36. The van der Waals surface area contributed by atoms with Crippen molar-refractivity contribution < 1.29 is 31.1 Å². The molecule has 0 fully saturated rings. The van der Waals surface area contributed by atoms with Gasteiger partial charge in [-0.05, 0) is 23.5 Å². The summed E-state index contributed by atoms with van der Waals surface area (Å²) in [6, 6.07) is 14.3. The topological polar surface area (TPSA) is 42.2 Å². The Kier molecular flexibility index (Phi) is 17.2. The fourth-order valence-electron chi connectivity index (χ4n) is 5.45. The molecule has 0 aliphatic rings. The van der Waals surface area contributed by atoms with E-state index in [9.17, 15) is 4.79 Å². The number of nitrogens with zero attached hydrogens (tertiary/aromatic N) is 1. The van der Waals surface area contributed by atoms with Gasteiger partial charge in [0.2, 0.25) is 11.4 Å². The van der Waals surface area contributed by atoms with Gasteiger partial charge in [-0.2, -0.15) is 4.57 Å². The smallest absolute Gasteiger partial charge is 0.228 e. The zero-order chi connectivity index (χ0) is 30.2. The van der Waals surface area contributed by atoms with E-state index in [0.717, 1.165) is 41.1 Å². The van der Waals surface area contributed by atoms with Crippen molar-refractivity contribution >= 4 is 22.9 Å². The predicted molar refractivity (Wildman–Crippen MR) is 179 cm³/mol. The van der Waals surface area contributed by atoms with Gasteiger partial charge in [0.25, 0.3) is 0 Å². The van der Waals surface area contributed by atoms with E-state index in [4.69, 9.17) is 4.74 Å². The molecule has 3 aromatic rings. The number of unbranched alkanes of at least 4 members (excludes halogenated alkanes) is 11. The molecule has 0 aliphatic carbocycles. The van der Waals surface area contributed by atoms with Gasteiger partial charge in [-0.3, -0.25) is 4.79 Å². The second-order valence-corrected chi connectivity index (χ2v) is 13.5. The molecule has 1 N–H and O–H groups in total. The molecular weight excluding hydrogens is 616 g/mol. The largest absolute Gasteiger partial charge is 1.00 e. The van der Waals surface area contributed by atoms with Gasteiger partial charge in [-0.25, -0.2) is 0 Å². The number of hydrogen-bond donors (Lipinski definition) is 1. The summed E-state index contributed by atoms with van der Waals surface area (Å²) in [4.78, 5) is 13.3. The van der Waals surface area contributed by atoms with Crippen molar-refractivity contribution in [1.29, 1.82) is 0 Å². The van der Waals surface area contributed by atoms with Crippen molar-refractivity contribution in [2.24, 2.45) is 0 Å². The van der Waals surface area contributed by atoms with Crippen molar-refractivity contribution in [2.75, 3.05) is 11.9 Å². The number of hydrogen-bond acceptors (Lipinski definition) is 3. The molecule has 0 unspecified atom stereocenters. The minimum absolute atomic E-state index is 0. The average molecular weight is 672 g/mol. The summed E-state index contributed by atoms with van der Waals surface area (Å²) in [5.74, 6) is 0.872. The summed E-state index contributed by atoms with van der Waals surface area (Å²) < 4.78 is 8.67. The first-order valence-electron chi connectivity index (χ1n) is 16.3. The zero-order valence-corrected chi connectivity index (χ0v) is 29.8. The highest BCUT2D eigenvalue weighted by atomic mass is 79.9. The summed E-state index contributed by atoms with van der Waals surface area (Å²) in [7, 11) is 0. The first-order chi connectivity index (χ1) is 20.3. The SMILES string of the molecule is CCCCCCCCCCCCCCOc1c(CC(=O)Nc2ccccc2C[n+]2cscc2C)cccc1C(C)(C)C.[Br-]. The van der Waals surface area contributed by atoms with E-state index in [2.05, 4.69) is 73.6 Å². The molecule has 43 heavy (non-hydrogen) atoms. The van der Waals surface area contributed by atoms with Crippen LogP contribution in [-0.4, -0.2) is 12.5 Å². The van der Waals surface area contributed by atoms with Gasteiger partial charge in [0, 0.05) is 18.1 Å². The number of halogens is 1. The summed E-state index contributed by atoms with van der Waals surface area (Å²) >= 11 is 1.69. The van der Waals surface area contributed by atoms with E-state index >= 15 is 0 Å². The maximum absolute atomic E-state index is 13.3. The normalized spacial score (nSPS) is 11.3. The predicted octanol–water partition coefficient (Wildman–Crippen LogP) is 6.95. The van der Waals surface area contributed by atoms with Crippen molar-refractivity contribution in [2.45, 2.75) is 130 Å². The van der Waals surface area contributed by atoms with Crippen LogP contribution in [0, 0.1) is 6.92 Å². The Morgan fingerprint density at radius 2 is 1.44 bits per heavy atom. The van der Waals surface area contributed by atoms with Crippen LogP contribution in [0.2, 0.25) is 0 Å². The molecule has 0 bridgehead atoms. The molecular formula is C37H55BrN2O2S. The molecule has 0 saturated carbocycles. The van der Waals surface area contributed by atoms with Crippen LogP contribution in [-0.2, 0) is 23.2 Å². The number of rotatable bonds is 19. The lowest BCUT2D eigenvalue weighted by Gasteiger charge is -2.25. The standard InChI is InChI=1S/C37H54N2O2S.BrH/c1-6-7-8-9-10-11-12-13-14-15-16-19-25-41-36-31(22-20-23-33(36)37(3,4)5)26-35(40)38-34-24-18-17-21-32(34)27-39-29-42-28-30(39)2;/h17-18,20-24,28-29H,6-16,19,25-27H2,1-5H3;1H. The van der Waals surface area contributed by atoms with Crippen LogP contribution in [0.1, 0.15) is 127 Å². The summed E-state index contributed by atoms with van der Waals surface area (Å²) in [6.45, 7) is 12.5. The zero-order valence-electron chi connectivity index (χ0n) is 27.4. The Morgan fingerprint density at radius 1 is 0.837 bits per heavy atom. The molecule has 1 heterocycles. The first-order valence-corrected chi connectivity index (χ1v) is 17.3. The number of carbonyl (C=O) groups excluding carboxylic acids is 1. The van der Waals surface area contributed by atoms with E-state index in [1.54, 1.807) is 11.3 Å². The van der Waals surface area contributed by atoms with Crippen LogP contribution in [0.15, 0.2) is 53.4 Å². The Bertz CT molecular complexity index is 1220. The summed E-state index contributed by atoms with van der Waals surface area (Å²) in [6.07, 6.45) is 16.2. The molecule has 3 rings (SSSR count). The second kappa shape index (κ2) is 20.0. The van der Waals surface area contributed by atoms with Crippen LogP contribution in [0.4, 0.5) is 5.69 Å². The third kappa shape index (κ3) is 13.1. The lowest BCUT2D eigenvalue weighted by Crippen LogP contribution is -3.00. The molecule has 6 heteroatoms. The lowest BCUT2D eigenvalue weighted by atomic mass is 9.84. The highest BCUT2D eigenvalue weighted by Gasteiger charge is 2.23. The second-order valence-electron chi connectivity index (χ2n) is 12.8. The molecule has 1 amide bonds. The Labute approximate surface area is 276 Å². The monoisotopic (exact) mass is 670 g/mol. The van der Waals surface area contributed by atoms with Crippen molar-refractivity contribution in [3.8, 4) is 5.75 Å². The van der Waals surface area contributed by atoms with Gasteiger partial charge in [0.15, 0.2) is 12.2 Å². The number of benzene rings is 2. The number of thiazole rings is 1. The van der Waals surface area contributed by atoms with Crippen molar-refractivity contribution in [3.63, 3.8) is 0 Å². The van der Waals surface area contributed by atoms with Gasteiger partial charge in [0.05, 0.1) is 24.1 Å². The quantitative estimate of drug-likeness (QED) is 0.111. The van der Waals surface area contributed by atoms with Crippen LogP contribution in [0.5, 0.6) is 5.75 Å². The number of ether oxygens (including phenoxy) is 1. The molecule has 0 atom stereocenters. The van der Waals surface area contributed by atoms with E-state index in [-0.39, 0.29) is 34.7 Å². The van der Waals surface area contributed by atoms with Crippen LogP contribution in [0.25, 0.3) is 0 Å². The molecule has 0 saturated heterocycles.